The van der Waals surface area contributed by atoms with Crippen LogP contribution in [0.3, 0.4) is 0 Å². The molecule has 4 rings (SSSR count). The topological polar surface area (TPSA) is 98.5 Å². The molecule has 0 spiro atoms. The van der Waals surface area contributed by atoms with Crippen LogP contribution in [0.2, 0.25) is 0 Å². The summed E-state index contributed by atoms with van der Waals surface area (Å²) in [5.74, 6) is -0.511. The van der Waals surface area contributed by atoms with Crippen molar-refractivity contribution in [1.29, 1.82) is 0 Å². The number of benzene rings is 2. The fourth-order valence-corrected chi connectivity index (χ4v) is 4.01. The van der Waals surface area contributed by atoms with Crippen molar-refractivity contribution in [3.05, 3.63) is 67.3 Å². The molecule has 0 aliphatic heterocycles. The minimum atomic E-state index is -0.375. The molecule has 0 saturated heterocycles. The summed E-state index contributed by atoms with van der Waals surface area (Å²) in [6.07, 6.45) is 4.65. The van der Waals surface area contributed by atoms with Crippen LogP contribution in [0.1, 0.15) is 0 Å². The average Bonchev–Trinajstić information content (AvgIpc) is 3.19. The van der Waals surface area contributed by atoms with Crippen molar-refractivity contribution in [2.45, 2.75) is 0 Å². The molecule has 37 heavy (non-hydrogen) atoms. The predicted molar refractivity (Wildman–Crippen MR) is 146 cm³/mol. The monoisotopic (exact) mass is 503 g/mol. The Morgan fingerprint density at radius 2 is 1.95 bits per heavy atom. The van der Waals surface area contributed by atoms with E-state index in [0.29, 0.717) is 29.3 Å². The van der Waals surface area contributed by atoms with E-state index in [0.717, 1.165) is 23.0 Å². The van der Waals surface area contributed by atoms with E-state index < -0.39 is 0 Å². The molecule has 3 N–H and O–H groups in total. The predicted octanol–water partition coefficient (Wildman–Crippen LogP) is 4.35. The third-order valence-corrected chi connectivity index (χ3v) is 5.98. The quantitative estimate of drug-likeness (QED) is 0.177. The molecular formula is C27H30FN7O2. The summed E-state index contributed by atoms with van der Waals surface area (Å²) in [5, 5.41) is 17.4. The van der Waals surface area contributed by atoms with E-state index in [1.54, 1.807) is 30.5 Å². The van der Waals surface area contributed by atoms with Gasteiger partial charge in [0.05, 0.1) is 22.8 Å². The van der Waals surface area contributed by atoms with Gasteiger partial charge in [0.1, 0.15) is 11.6 Å². The van der Waals surface area contributed by atoms with Crippen molar-refractivity contribution in [3.63, 3.8) is 0 Å². The van der Waals surface area contributed by atoms with Crippen molar-refractivity contribution in [2.75, 3.05) is 49.8 Å². The number of halogens is 1. The molecule has 4 aromatic rings. The van der Waals surface area contributed by atoms with Crippen molar-refractivity contribution < 1.29 is 14.3 Å². The first kappa shape index (κ1) is 25.6. The van der Waals surface area contributed by atoms with Crippen LogP contribution in [0.25, 0.3) is 22.2 Å². The number of likely N-dealkylation sites (N-methyl/N-ethyl adjacent to an activating group) is 2. The molecule has 0 unspecified atom stereocenters. The number of aryl methyl sites for hydroxylation is 1. The maximum Gasteiger partial charge on any atom is 0.247 e. The minimum absolute atomic E-state index is 0.0375. The van der Waals surface area contributed by atoms with Gasteiger partial charge in [0.25, 0.3) is 0 Å². The zero-order chi connectivity index (χ0) is 26.7. The second-order valence-corrected chi connectivity index (χ2v) is 9.01. The summed E-state index contributed by atoms with van der Waals surface area (Å²) in [6.45, 7) is 4.98. The molecule has 0 atom stereocenters. The first-order valence-electron chi connectivity index (χ1n) is 11.7. The molecule has 0 aliphatic carbocycles. The van der Waals surface area contributed by atoms with E-state index in [2.05, 4.69) is 27.2 Å². The van der Waals surface area contributed by atoms with Gasteiger partial charge in [-0.05, 0) is 50.5 Å². The summed E-state index contributed by atoms with van der Waals surface area (Å²) in [6, 6.07) is 9.57. The van der Waals surface area contributed by atoms with Gasteiger partial charge < -0.3 is 30.1 Å². The van der Waals surface area contributed by atoms with Crippen LogP contribution >= 0.6 is 0 Å². The number of hydrogen-bond acceptors (Lipinski definition) is 7. The smallest absolute Gasteiger partial charge is 0.247 e. The number of phenols is 1. The molecule has 0 bridgehead atoms. The van der Waals surface area contributed by atoms with Crippen LogP contribution in [0, 0.1) is 5.82 Å². The largest absolute Gasteiger partial charge is 0.506 e. The number of fused-ring (bicyclic) bond motifs is 1. The maximum absolute atomic E-state index is 14.0. The van der Waals surface area contributed by atoms with Crippen LogP contribution in [0.15, 0.2) is 61.4 Å². The molecule has 0 aliphatic rings. The van der Waals surface area contributed by atoms with Gasteiger partial charge in [-0.1, -0.05) is 6.58 Å². The number of carbonyl (C=O) groups excluding carboxylic acids is 1. The standard InChI is InChI=1S/C27H30FN7O2/c1-6-26(37)30-21-14-22(25(36)15-24(21)34(4)12-11-33(2)3)32-27-29-10-9-20(31-27)19-16-35(5)23-8-7-17(28)13-18(19)23/h6-10,13-16,36H,1,11-12H2,2-5H3,(H,30,37)(H,29,31,32). The number of carbonyl (C=O) groups is 1. The van der Waals surface area contributed by atoms with Gasteiger partial charge >= 0.3 is 0 Å². The number of hydrogen-bond donors (Lipinski definition) is 3. The van der Waals surface area contributed by atoms with Gasteiger partial charge in [-0.15, -0.1) is 0 Å². The lowest BCUT2D eigenvalue weighted by atomic mass is 10.1. The number of aromatic nitrogens is 3. The Bertz CT molecular complexity index is 1460. The minimum Gasteiger partial charge on any atom is -0.506 e. The fraction of sp³-hybridized carbons (Fsp3) is 0.222. The van der Waals surface area contributed by atoms with Crippen molar-refractivity contribution in [1.82, 2.24) is 19.4 Å². The second-order valence-electron chi connectivity index (χ2n) is 9.01. The Kier molecular flexibility index (Phi) is 7.40. The summed E-state index contributed by atoms with van der Waals surface area (Å²) < 4.78 is 15.9. The van der Waals surface area contributed by atoms with Crippen molar-refractivity contribution >= 4 is 39.8 Å². The van der Waals surface area contributed by atoms with E-state index in [-0.39, 0.29) is 23.4 Å². The average molecular weight is 504 g/mol. The van der Waals surface area contributed by atoms with E-state index in [4.69, 9.17) is 0 Å². The van der Waals surface area contributed by atoms with Gasteiger partial charge in [-0.2, -0.15) is 0 Å². The lowest BCUT2D eigenvalue weighted by molar-refractivity contribution is -0.111. The zero-order valence-electron chi connectivity index (χ0n) is 21.3. The summed E-state index contributed by atoms with van der Waals surface area (Å²) in [4.78, 5) is 25.0. The Balaban J connectivity index is 1.69. The van der Waals surface area contributed by atoms with Gasteiger partial charge in [0.2, 0.25) is 11.9 Å². The first-order chi connectivity index (χ1) is 17.7. The van der Waals surface area contributed by atoms with Gasteiger partial charge in [0, 0.05) is 62.1 Å². The molecule has 0 fully saturated rings. The second kappa shape index (κ2) is 10.7. The van der Waals surface area contributed by atoms with E-state index >= 15 is 0 Å². The van der Waals surface area contributed by atoms with E-state index in [9.17, 15) is 14.3 Å². The van der Waals surface area contributed by atoms with Gasteiger partial charge in [-0.3, -0.25) is 4.79 Å². The molecule has 0 saturated carbocycles. The Morgan fingerprint density at radius 3 is 2.68 bits per heavy atom. The number of rotatable bonds is 9. The van der Waals surface area contributed by atoms with Crippen molar-refractivity contribution in [2.24, 2.45) is 7.05 Å². The van der Waals surface area contributed by atoms with Crippen LogP contribution in [0.5, 0.6) is 5.75 Å². The van der Waals surface area contributed by atoms with Crippen LogP contribution < -0.4 is 15.5 Å². The number of aromatic hydroxyl groups is 1. The number of amides is 1. The van der Waals surface area contributed by atoms with Gasteiger partial charge in [-0.25, -0.2) is 14.4 Å². The summed E-state index contributed by atoms with van der Waals surface area (Å²) in [7, 11) is 7.72. The first-order valence-corrected chi connectivity index (χ1v) is 11.7. The fourth-order valence-electron chi connectivity index (χ4n) is 4.01. The highest BCUT2D eigenvalue weighted by molar-refractivity contribution is 6.02. The molecule has 2 heterocycles. The molecule has 1 amide bonds. The molecule has 2 aromatic carbocycles. The highest BCUT2D eigenvalue weighted by Crippen LogP contribution is 2.37. The van der Waals surface area contributed by atoms with Gasteiger partial charge in [0.15, 0.2) is 0 Å². The maximum atomic E-state index is 14.0. The number of anilines is 4. The normalized spacial score (nSPS) is 11.1. The molecule has 10 heteroatoms. The highest BCUT2D eigenvalue weighted by Gasteiger charge is 2.17. The Hall–Kier alpha value is -4.44. The molecule has 9 nitrogen and oxygen atoms in total. The molecular weight excluding hydrogens is 473 g/mol. The third-order valence-electron chi connectivity index (χ3n) is 5.98. The number of phenolic OH excluding ortho intramolecular Hbond substituents is 1. The van der Waals surface area contributed by atoms with Crippen LogP contribution in [0.4, 0.5) is 27.4 Å². The van der Waals surface area contributed by atoms with E-state index in [1.807, 2.05) is 48.8 Å². The lowest BCUT2D eigenvalue weighted by Crippen LogP contribution is -2.29. The van der Waals surface area contributed by atoms with E-state index in [1.165, 1.54) is 18.2 Å². The SMILES string of the molecule is C=CC(=O)Nc1cc(Nc2nccc(-c3cn(C)c4ccc(F)cc34)n2)c(O)cc1N(C)CCN(C)C. The van der Waals surface area contributed by atoms with Crippen molar-refractivity contribution in [3.8, 4) is 17.0 Å². The summed E-state index contributed by atoms with van der Waals surface area (Å²) in [5.41, 5.74) is 3.67. The highest BCUT2D eigenvalue weighted by atomic mass is 19.1. The Labute approximate surface area is 214 Å². The molecule has 2 aromatic heterocycles. The third kappa shape index (κ3) is 5.70. The molecule has 192 valence electrons. The molecule has 0 radical (unpaired) electrons. The number of nitrogens with one attached hydrogen (secondary N) is 2. The lowest BCUT2D eigenvalue weighted by Gasteiger charge is -2.25. The van der Waals surface area contributed by atoms with Crippen LogP contribution in [-0.4, -0.2) is 64.7 Å². The zero-order valence-corrected chi connectivity index (χ0v) is 21.3. The van der Waals surface area contributed by atoms with Crippen LogP contribution in [-0.2, 0) is 11.8 Å². The Morgan fingerprint density at radius 1 is 1.16 bits per heavy atom. The number of nitrogens with zero attached hydrogens (tertiary/aromatic N) is 5. The summed E-state index contributed by atoms with van der Waals surface area (Å²) >= 11 is 0.